The fourth-order valence-corrected chi connectivity index (χ4v) is 12.6. The lowest BCUT2D eigenvalue weighted by atomic mass is 9.70. The molecule has 0 amide bonds. The van der Waals surface area contributed by atoms with Gasteiger partial charge in [-0.25, -0.2) is 4.79 Å². The summed E-state index contributed by atoms with van der Waals surface area (Å²) in [6.45, 7) is 98.5. The van der Waals surface area contributed by atoms with Crippen LogP contribution < -0.4 is 0 Å². The van der Waals surface area contributed by atoms with E-state index in [0.717, 1.165) is 83.8 Å². The second-order valence-corrected chi connectivity index (χ2v) is 46.7. The first-order chi connectivity index (χ1) is 61.6. The van der Waals surface area contributed by atoms with E-state index in [0.29, 0.717) is 58.8 Å². The van der Waals surface area contributed by atoms with Crippen LogP contribution in [0, 0.1) is 126 Å². The summed E-state index contributed by atoms with van der Waals surface area (Å²) < 4.78 is 106. The summed E-state index contributed by atoms with van der Waals surface area (Å²) in [5.41, 5.74) is 9.19. The summed E-state index contributed by atoms with van der Waals surface area (Å²) in [5, 5.41) is 0. The maximum absolute atomic E-state index is 12.5. The molecule has 0 spiro atoms. The third-order valence-corrected chi connectivity index (χ3v) is 23.7. The number of halogens is 11. The van der Waals surface area contributed by atoms with Crippen molar-refractivity contribution in [3.05, 3.63) is 190 Å². The number of allylic oxidation sites excluding steroid dienone is 1. The highest BCUT2D eigenvalue weighted by Gasteiger charge is 2.72. The Bertz CT molecular complexity index is 3500. The highest BCUT2D eigenvalue weighted by molar-refractivity contribution is 6.68. The highest BCUT2D eigenvalue weighted by atomic mass is 35.6. The number of aryl methyl sites for hydroxylation is 2. The van der Waals surface area contributed by atoms with Gasteiger partial charge in [-0.1, -0.05) is 498 Å². The number of alkyl halides is 11. The fourth-order valence-electron chi connectivity index (χ4n) is 12.0. The summed E-state index contributed by atoms with van der Waals surface area (Å²) >= 11 is 17.3. The van der Waals surface area contributed by atoms with E-state index < -0.39 is 39.7 Å². The lowest BCUT2D eigenvalue weighted by molar-refractivity contribution is -0.322. The Morgan fingerprint density at radius 2 is 0.868 bits per heavy atom. The summed E-state index contributed by atoms with van der Waals surface area (Å²) in [7, 11) is 3.13. The van der Waals surface area contributed by atoms with Gasteiger partial charge < -0.3 is 9.47 Å². The van der Waals surface area contributed by atoms with Crippen LogP contribution in [0.5, 0.6) is 0 Å². The van der Waals surface area contributed by atoms with Crippen LogP contribution in [-0.4, -0.2) is 49.1 Å². The number of carbonyl (C=O) groups is 1. The van der Waals surface area contributed by atoms with E-state index in [9.17, 15) is 39.9 Å². The molecule has 2 aliphatic rings. The molecule has 0 N–H and O–H groups in total. The Morgan fingerprint density at radius 3 is 1.04 bits per heavy atom. The van der Waals surface area contributed by atoms with Crippen LogP contribution in [0.15, 0.2) is 140 Å². The molecule has 3 nitrogen and oxygen atoms in total. The molecule has 0 radical (unpaired) electrons. The minimum atomic E-state index is -4.23. The molecule has 0 bridgehead atoms. The molecule has 2 aliphatic carbocycles. The van der Waals surface area contributed by atoms with Crippen molar-refractivity contribution in [3.8, 4) is 12.3 Å². The Labute approximate surface area is 854 Å². The summed E-state index contributed by atoms with van der Waals surface area (Å²) in [5.74, 6) is 5.83. The quantitative estimate of drug-likeness (QED) is 0.0228. The van der Waals surface area contributed by atoms with Crippen molar-refractivity contribution in [2.75, 3.05) is 27.5 Å². The predicted molar refractivity (Wildman–Crippen MR) is 596 cm³/mol. The molecule has 5 aromatic carbocycles. The molecule has 1 atom stereocenters. The molecule has 0 aromatic heterocycles. The van der Waals surface area contributed by atoms with Gasteiger partial charge in [-0.3, -0.25) is 4.39 Å². The van der Waals surface area contributed by atoms with E-state index in [2.05, 4.69) is 312 Å². The molecule has 7 rings (SSSR count). The highest BCUT2D eigenvalue weighted by Crippen LogP contribution is 2.58. The topological polar surface area (TPSA) is 35.5 Å². The lowest BCUT2D eigenvalue weighted by Gasteiger charge is -2.45. The molecule has 1 unspecified atom stereocenters. The molecular weight excluding hydrogens is 1770 g/mol. The van der Waals surface area contributed by atoms with E-state index in [1.165, 1.54) is 124 Å². The molecule has 798 valence electrons. The average molecular weight is 1990 g/mol. The van der Waals surface area contributed by atoms with Crippen LogP contribution in [0.4, 0.5) is 35.1 Å². The number of esters is 1. The van der Waals surface area contributed by atoms with Gasteiger partial charge >= 0.3 is 24.0 Å². The van der Waals surface area contributed by atoms with Gasteiger partial charge in [-0.05, 0) is 204 Å². The zero-order chi connectivity index (χ0) is 108. The van der Waals surface area contributed by atoms with Gasteiger partial charge in [0.15, 0.2) is 3.79 Å². The zero-order valence-electron chi connectivity index (χ0n) is 95.3. The number of ether oxygens (including phenoxy) is 2. The second kappa shape index (κ2) is 84.6. The lowest BCUT2D eigenvalue weighted by Crippen LogP contribution is -2.60. The maximum Gasteiger partial charge on any atom is 0.416 e. The van der Waals surface area contributed by atoms with Crippen molar-refractivity contribution in [1.82, 2.24) is 0 Å². The third kappa shape index (κ3) is 90.4. The van der Waals surface area contributed by atoms with Crippen molar-refractivity contribution in [3.63, 3.8) is 0 Å². The predicted octanol–water partition coefficient (Wildman–Crippen LogP) is 43.6. The average Bonchev–Trinajstić information content (AvgIpc) is 0.811. The summed E-state index contributed by atoms with van der Waals surface area (Å²) in [6, 6.07) is 40.8. The summed E-state index contributed by atoms with van der Waals surface area (Å²) in [6.07, 6.45) is 16.4. The minimum absolute atomic E-state index is 0. The van der Waals surface area contributed by atoms with Crippen LogP contribution >= 0.6 is 34.8 Å². The number of carbonyl (C=O) groups excluding carboxylic acids is 1. The first-order valence-electron chi connectivity index (χ1n) is 51.1. The Morgan fingerprint density at radius 1 is 0.493 bits per heavy atom. The third-order valence-electron chi connectivity index (χ3n) is 22.3. The van der Waals surface area contributed by atoms with Gasteiger partial charge in [0.25, 0.3) is 0 Å². The first kappa shape index (κ1) is 151. The van der Waals surface area contributed by atoms with Gasteiger partial charge in [-0.15, -0.1) is 18.9 Å². The normalized spacial score (nSPS) is 13.4. The Kier molecular flexibility index (Phi) is 94.2. The van der Waals surface area contributed by atoms with E-state index in [1.807, 2.05) is 93.5 Å². The largest absolute Gasteiger partial charge is 0.465 e. The second-order valence-electron chi connectivity index (χ2n) is 44.4. The monoisotopic (exact) mass is 1990 g/mol. The zero-order valence-corrected chi connectivity index (χ0v) is 97.6. The van der Waals surface area contributed by atoms with Crippen molar-refractivity contribution >= 4 is 40.8 Å². The van der Waals surface area contributed by atoms with Crippen molar-refractivity contribution < 1.29 is 49.4 Å². The molecule has 0 heterocycles. The van der Waals surface area contributed by atoms with Gasteiger partial charge in [0.05, 0.1) is 24.9 Å². The molecule has 2 saturated carbocycles. The fraction of sp³-hybridized carbons (Fsp3) is 0.713. The molecule has 14 heteroatoms. The molecule has 136 heavy (non-hydrogen) atoms. The van der Waals surface area contributed by atoms with E-state index in [-0.39, 0.29) is 37.3 Å². The Hall–Kier alpha value is -4.86. The van der Waals surface area contributed by atoms with Crippen LogP contribution in [-0.2, 0) is 15.7 Å². The molecule has 5 aromatic rings. The number of methoxy groups -OCH3 is 2. The molecule has 2 fully saturated rings. The van der Waals surface area contributed by atoms with Gasteiger partial charge in [0, 0.05) is 37.4 Å². The number of benzene rings is 5. The van der Waals surface area contributed by atoms with Crippen LogP contribution in [0.1, 0.15) is 460 Å². The minimum Gasteiger partial charge on any atom is -0.465 e. The number of rotatable bonds is 22. The number of hydrogen-bond donors (Lipinski definition) is 0. The number of terminal acetylenes is 1. The smallest absolute Gasteiger partial charge is 0.416 e. The standard InChI is InChI=1S/C11H14O2.C10H11F3.2C10H14.C9H12.C8H16.C8H18.C7H13Cl3.C7H10F4.C7H16.C6H14O.2C6H14.C6H12.C5H11F.C5H8.CH4/c1-8(2)9-4-6-10(7-5-9)11(12)13-3;1-7(2)8-4-3-5-9(6-8)10(11,12)13;1-8(2)10-6-4-9(3)5-7-10;1-8(2)10-6-4-5-9(3)7-10;1-8(2)9-6-4-3-5-7-9;1-7(2)8-5-3-4-6-8;1-7(2)6-8(3,4)5;1-5(2)6(3,4)7(8,9)10;1-4(2)5-3-6(8,9)7(5,10)11;1-6(2)5-7(3)4;1-6(2)4-5-7-3;1-5(2)6(3)4;2*1-4-5-6(2)3;1-5(2)3-4-6;1-4-5(2)3;/h4-8H,1-3H3;3-7H,1-2H3;2*4-8H,1-3H3;3-8H,1-2H3;7-8H,3-6H2,1-2H3;7H,6H2,1-5H3;5H,1-4H3;4-5H,3H2,1-2H3;6-7H,5H2,1-4H3;6H,4-5H2,1-3H3;5-6H,1-4H3;6H,4-5H2,1-3H3;4,6H,1,5H2,2-3H3;5H,3-4H2,1-2H3;1,5H,2-3H3;1H4. The maximum atomic E-state index is 12.5. The van der Waals surface area contributed by atoms with E-state index >= 15 is 0 Å². The molecule has 0 saturated heterocycles. The van der Waals surface area contributed by atoms with Crippen LogP contribution in [0.2, 0.25) is 0 Å². The van der Waals surface area contributed by atoms with Gasteiger partial charge in [-0.2, -0.15) is 30.7 Å². The van der Waals surface area contributed by atoms with E-state index in [4.69, 9.17) is 46.0 Å². The Balaban J connectivity index is -0.000000157. The SMILES string of the molecule is C.C#CC(C)C.C=CCC(C)C.CC(C)C(C)(C)C(Cl)(Cl)Cl.CC(C)C(C)C.CC(C)C1CC(F)(F)C1(F)F.CC(C)C1CCCC1.CC(C)CC(C)(C)C.CC(C)CC(C)C.CC(C)CCF.CC(C)c1cccc(C(F)(F)F)c1.CC(C)c1ccccc1.CCCC(C)C.COC(=O)c1ccc(C(C)C)cc1.COCCC(C)C.Cc1ccc(C(C)C)cc1.Cc1cccc(C(C)C)c1. The van der Waals surface area contributed by atoms with E-state index in [1.54, 1.807) is 25.3 Å². The van der Waals surface area contributed by atoms with Crippen molar-refractivity contribution in [1.29, 1.82) is 0 Å². The van der Waals surface area contributed by atoms with Crippen LogP contribution in [0.3, 0.4) is 0 Å². The summed E-state index contributed by atoms with van der Waals surface area (Å²) in [4.78, 5) is 11.1. The van der Waals surface area contributed by atoms with Crippen LogP contribution in [0.25, 0.3) is 0 Å². The molecular formula is C122H215Cl3F8O3. The van der Waals surface area contributed by atoms with Crippen molar-refractivity contribution in [2.45, 2.75) is 441 Å². The first-order valence-corrected chi connectivity index (χ1v) is 52.2. The van der Waals surface area contributed by atoms with Crippen molar-refractivity contribution in [2.24, 2.45) is 99.6 Å². The number of hydrogen-bond acceptors (Lipinski definition) is 3. The molecule has 0 aliphatic heterocycles. The van der Waals surface area contributed by atoms with Gasteiger partial charge in [0.1, 0.15) is 0 Å². The van der Waals surface area contributed by atoms with Gasteiger partial charge in [0.2, 0.25) is 0 Å².